The van der Waals surface area contributed by atoms with Crippen molar-refractivity contribution in [3.05, 3.63) is 34.9 Å². The largest absolute Gasteiger partial charge is 0.444 e. The van der Waals surface area contributed by atoms with E-state index in [4.69, 9.17) is 9.57 Å². The molecule has 6 nitrogen and oxygen atoms in total. The van der Waals surface area contributed by atoms with Gasteiger partial charge in [-0.2, -0.15) is 0 Å². The van der Waals surface area contributed by atoms with Crippen LogP contribution in [0.15, 0.2) is 23.2 Å². The normalized spacial score (nSPS) is 23.4. The minimum absolute atomic E-state index is 0.238. The molecule has 0 bridgehead atoms. The molecule has 2 aliphatic rings. The quantitative estimate of drug-likeness (QED) is 0.859. The lowest BCUT2D eigenvalue weighted by Gasteiger charge is -2.26. The molecule has 1 aromatic rings. The van der Waals surface area contributed by atoms with Gasteiger partial charge in [-0.15, -0.1) is 5.48 Å². The molecule has 0 saturated carbocycles. The fourth-order valence-corrected chi connectivity index (χ4v) is 2.97. The first-order valence-electron chi connectivity index (χ1n) is 8.34. The topological polar surface area (TPSA) is 63.2 Å². The number of nitrogens with one attached hydrogen (secondary N) is 1. The Kier molecular flexibility index (Phi) is 4.25. The smallest absolute Gasteiger partial charge is 0.410 e. The van der Waals surface area contributed by atoms with Crippen LogP contribution in [0.25, 0.3) is 0 Å². The van der Waals surface area contributed by atoms with Crippen molar-refractivity contribution >= 4 is 12.5 Å². The number of hydrogen-bond acceptors (Lipinski definition) is 5. The van der Waals surface area contributed by atoms with Crippen molar-refractivity contribution in [2.24, 2.45) is 4.99 Å². The van der Waals surface area contributed by atoms with Crippen LogP contribution in [0.5, 0.6) is 0 Å². The summed E-state index contributed by atoms with van der Waals surface area (Å²) in [5.41, 5.74) is 5.48. The Morgan fingerprint density at radius 2 is 2.00 bits per heavy atom. The highest BCUT2D eigenvalue weighted by molar-refractivity contribution is 5.68. The van der Waals surface area contributed by atoms with Crippen LogP contribution in [0.3, 0.4) is 0 Å². The van der Waals surface area contributed by atoms with Crippen LogP contribution in [-0.2, 0) is 28.1 Å². The average Bonchev–Trinajstić information content (AvgIpc) is 2.82. The number of amides is 1. The SMILES string of the molecule is CC(C)(C)OC(=O)N1CCc2ccc(C3(C)N=CON3)cc2CC1. The molecule has 0 radical (unpaired) electrons. The molecule has 24 heavy (non-hydrogen) atoms. The van der Waals surface area contributed by atoms with E-state index < -0.39 is 11.3 Å². The van der Waals surface area contributed by atoms with E-state index in [-0.39, 0.29) is 6.09 Å². The van der Waals surface area contributed by atoms with E-state index in [0.717, 1.165) is 18.4 Å². The average molecular weight is 331 g/mol. The maximum atomic E-state index is 12.3. The molecule has 2 aliphatic heterocycles. The van der Waals surface area contributed by atoms with Gasteiger partial charge in [-0.1, -0.05) is 18.2 Å². The summed E-state index contributed by atoms with van der Waals surface area (Å²) in [4.78, 5) is 23.5. The number of benzene rings is 1. The van der Waals surface area contributed by atoms with Crippen molar-refractivity contribution in [3.8, 4) is 0 Å². The van der Waals surface area contributed by atoms with Crippen LogP contribution in [0.1, 0.15) is 44.4 Å². The van der Waals surface area contributed by atoms with E-state index in [9.17, 15) is 4.79 Å². The van der Waals surface area contributed by atoms with E-state index in [1.54, 1.807) is 4.90 Å². The van der Waals surface area contributed by atoms with Gasteiger partial charge in [-0.25, -0.2) is 9.79 Å². The van der Waals surface area contributed by atoms with E-state index >= 15 is 0 Å². The Hall–Kier alpha value is -2.08. The van der Waals surface area contributed by atoms with E-state index in [1.807, 2.05) is 27.7 Å². The van der Waals surface area contributed by atoms with Gasteiger partial charge in [0.15, 0.2) is 12.1 Å². The van der Waals surface area contributed by atoms with Crippen LogP contribution >= 0.6 is 0 Å². The predicted octanol–water partition coefficient (Wildman–Crippen LogP) is 2.76. The standard InChI is InChI=1S/C18H25N3O3/c1-17(2,3)24-16(22)21-9-7-13-5-6-15(11-14(13)8-10-21)18(4)19-12-23-20-18/h5-6,11-12,20H,7-10H2,1-4H3. The zero-order valence-corrected chi connectivity index (χ0v) is 14.8. The summed E-state index contributed by atoms with van der Waals surface area (Å²) in [6, 6.07) is 6.36. The molecule has 0 spiro atoms. The molecule has 2 heterocycles. The molecule has 1 aromatic carbocycles. The summed E-state index contributed by atoms with van der Waals surface area (Å²) < 4.78 is 5.49. The molecular weight excluding hydrogens is 306 g/mol. The second-order valence-electron chi connectivity index (χ2n) is 7.48. The fraction of sp³-hybridized carbons (Fsp3) is 0.556. The van der Waals surface area contributed by atoms with Crippen molar-refractivity contribution in [3.63, 3.8) is 0 Å². The van der Waals surface area contributed by atoms with Gasteiger partial charge in [0, 0.05) is 13.1 Å². The second kappa shape index (κ2) is 6.09. The number of ether oxygens (including phenoxy) is 1. The number of hydroxylamine groups is 1. The maximum absolute atomic E-state index is 12.3. The van der Waals surface area contributed by atoms with Crippen molar-refractivity contribution in [1.82, 2.24) is 10.4 Å². The van der Waals surface area contributed by atoms with Gasteiger partial charge in [0.2, 0.25) is 0 Å². The summed E-state index contributed by atoms with van der Waals surface area (Å²) in [6.45, 7) is 8.99. The molecule has 130 valence electrons. The van der Waals surface area contributed by atoms with Crippen LogP contribution in [-0.4, -0.2) is 36.1 Å². The first-order chi connectivity index (χ1) is 11.3. The highest BCUT2D eigenvalue weighted by Crippen LogP contribution is 2.28. The molecule has 0 aliphatic carbocycles. The summed E-state index contributed by atoms with van der Waals surface area (Å²) in [5, 5.41) is 0. The third-order valence-corrected chi connectivity index (χ3v) is 4.34. The molecule has 1 amide bonds. The lowest BCUT2D eigenvalue weighted by molar-refractivity contribution is 0.0258. The number of carbonyl (C=O) groups is 1. The monoisotopic (exact) mass is 331 g/mol. The number of aliphatic imine (C=N–C) groups is 1. The van der Waals surface area contributed by atoms with E-state index in [1.165, 1.54) is 17.5 Å². The molecule has 6 heteroatoms. The molecule has 3 rings (SSSR count). The number of nitrogens with zero attached hydrogens (tertiary/aromatic N) is 2. The molecule has 0 aromatic heterocycles. The summed E-state index contributed by atoms with van der Waals surface area (Å²) >= 11 is 0. The number of hydrogen-bond donors (Lipinski definition) is 1. The van der Waals surface area contributed by atoms with E-state index in [0.29, 0.717) is 13.1 Å². The van der Waals surface area contributed by atoms with Gasteiger partial charge in [0.25, 0.3) is 0 Å². The van der Waals surface area contributed by atoms with Crippen molar-refractivity contribution in [2.75, 3.05) is 13.1 Å². The van der Waals surface area contributed by atoms with Gasteiger partial charge in [0.05, 0.1) is 0 Å². The Morgan fingerprint density at radius 1 is 1.29 bits per heavy atom. The number of rotatable bonds is 1. The second-order valence-corrected chi connectivity index (χ2v) is 7.48. The highest BCUT2D eigenvalue weighted by atomic mass is 16.7. The molecular formula is C18H25N3O3. The first kappa shape index (κ1) is 16.8. The fourth-order valence-electron chi connectivity index (χ4n) is 2.97. The lowest BCUT2D eigenvalue weighted by atomic mass is 9.95. The molecule has 0 saturated heterocycles. The van der Waals surface area contributed by atoms with E-state index in [2.05, 4.69) is 28.7 Å². The first-order valence-corrected chi connectivity index (χ1v) is 8.34. The van der Waals surface area contributed by atoms with Gasteiger partial charge < -0.3 is 14.5 Å². The lowest BCUT2D eigenvalue weighted by Crippen LogP contribution is -2.38. The molecule has 0 fully saturated rings. The summed E-state index contributed by atoms with van der Waals surface area (Å²) in [6.07, 6.45) is 2.83. The predicted molar refractivity (Wildman–Crippen MR) is 91.7 cm³/mol. The van der Waals surface area contributed by atoms with Crippen LogP contribution in [0, 0.1) is 0 Å². The van der Waals surface area contributed by atoms with Gasteiger partial charge in [-0.05, 0) is 57.2 Å². The number of fused-ring (bicyclic) bond motifs is 1. The van der Waals surface area contributed by atoms with Crippen molar-refractivity contribution < 1.29 is 14.4 Å². The van der Waals surface area contributed by atoms with Crippen molar-refractivity contribution in [1.29, 1.82) is 0 Å². The Labute approximate surface area is 142 Å². The summed E-state index contributed by atoms with van der Waals surface area (Å²) in [5.74, 6) is 0. The van der Waals surface area contributed by atoms with Crippen LogP contribution < -0.4 is 5.48 Å². The van der Waals surface area contributed by atoms with Crippen LogP contribution in [0.4, 0.5) is 4.79 Å². The Bertz CT molecular complexity index is 666. The minimum Gasteiger partial charge on any atom is -0.444 e. The third-order valence-electron chi connectivity index (χ3n) is 4.34. The molecule has 1 unspecified atom stereocenters. The highest BCUT2D eigenvalue weighted by Gasteiger charge is 2.31. The summed E-state index contributed by atoms with van der Waals surface area (Å²) in [7, 11) is 0. The van der Waals surface area contributed by atoms with Crippen LogP contribution in [0.2, 0.25) is 0 Å². The molecule has 1 atom stereocenters. The third kappa shape index (κ3) is 3.53. The zero-order chi connectivity index (χ0) is 17.4. The minimum atomic E-state index is -0.549. The molecule has 1 N–H and O–H groups in total. The van der Waals surface area contributed by atoms with Gasteiger partial charge >= 0.3 is 6.09 Å². The van der Waals surface area contributed by atoms with Crippen molar-refractivity contribution in [2.45, 2.75) is 51.8 Å². The van der Waals surface area contributed by atoms with Gasteiger partial charge in [-0.3, -0.25) is 0 Å². The maximum Gasteiger partial charge on any atom is 0.410 e. The number of carbonyl (C=O) groups excluding carboxylic acids is 1. The van der Waals surface area contributed by atoms with Gasteiger partial charge in [0.1, 0.15) is 5.60 Å². The Morgan fingerprint density at radius 3 is 2.62 bits per heavy atom. The zero-order valence-electron chi connectivity index (χ0n) is 14.8. The Balaban J connectivity index is 1.74.